The Labute approximate surface area is 207 Å². The zero-order valence-corrected chi connectivity index (χ0v) is 21.9. The van der Waals surface area contributed by atoms with Crippen molar-refractivity contribution >= 4 is 47.2 Å². The van der Waals surface area contributed by atoms with Gasteiger partial charge in [-0.2, -0.15) is 0 Å². The summed E-state index contributed by atoms with van der Waals surface area (Å²) in [6, 6.07) is 7.66. The van der Waals surface area contributed by atoms with Crippen LogP contribution in [0.4, 0.5) is 0 Å². The second-order valence-electron chi connectivity index (χ2n) is 7.81. The predicted octanol–water partition coefficient (Wildman–Crippen LogP) is 4.03. The van der Waals surface area contributed by atoms with Gasteiger partial charge in [-0.1, -0.05) is 12.1 Å². The molecule has 0 radical (unpaired) electrons. The molecule has 170 valence electrons. The number of aryl methyl sites for hydroxylation is 3. The van der Waals surface area contributed by atoms with Crippen molar-refractivity contribution in [2.75, 3.05) is 27.2 Å². The molecule has 0 saturated heterocycles. The van der Waals surface area contributed by atoms with Crippen molar-refractivity contribution in [3.63, 3.8) is 0 Å². The van der Waals surface area contributed by atoms with E-state index in [1.807, 2.05) is 35.6 Å². The fourth-order valence-corrected chi connectivity index (χ4v) is 4.68. The Bertz CT molecular complexity index is 840. The van der Waals surface area contributed by atoms with E-state index in [-0.39, 0.29) is 29.9 Å². The number of aromatic nitrogens is 1. The molecule has 0 saturated carbocycles. The van der Waals surface area contributed by atoms with Crippen LogP contribution in [0.3, 0.4) is 0 Å². The summed E-state index contributed by atoms with van der Waals surface area (Å²) in [7, 11) is 3.52. The highest BCUT2D eigenvalue weighted by Gasteiger charge is 2.14. The van der Waals surface area contributed by atoms with Crippen LogP contribution in [0.2, 0.25) is 0 Å². The molecule has 31 heavy (non-hydrogen) atoms. The topological polar surface area (TPSA) is 69.6 Å². The second-order valence-corrected chi connectivity index (χ2v) is 8.97. The molecule has 1 aromatic carbocycles. The molecular weight excluding hydrogens is 521 g/mol. The zero-order valence-electron chi connectivity index (χ0n) is 18.7. The minimum Gasteiger partial charge on any atom is -0.357 e. The SMILES string of the molecule is CCNC(=NCc1ccc(C(=O)N(C)C)cc1)NCCCc1nc2c(s1)CCCC2.I. The van der Waals surface area contributed by atoms with Crippen molar-refractivity contribution in [2.45, 2.75) is 52.0 Å². The van der Waals surface area contributed by atoms with Gasteiger partial charge in [-0.25, -0.2) is 9.98 Å². The number of guanidine groups is 1. The van der Waals surface area contributed by atoms with Gasteiger partial charge in [0.15, 0.2) is 5.96 Å². The van der Waals surface area contributed by atoms with Gasteiger partial charge in [0.05, 0.1) is 17.2 Å². The molecule has 3 rings (SSSR count). The molecule has 1 aliphatic carbocycles. The Hall–Kier alpha value is -1.68. The molecular formula is C23H34IN5OS. The molecule has 0 unspecified atom stereocenters. The smallest absolute Gasteiger partial charge is 0.253 e. The summed E-state index contributed by atoms with van der Waals surface area (Å²) >= 11 is 1.91. The largest absolute Gasteiger partial charge is 0.357 e. The molecule has 2 aromatic rings. The fourth-order valence-electron chi connectivity index (χ4n) is 3.48. The second kappa shape index (κ2) is 13.0. The highest BCUT2D eigenvalue weighted by Crippen LogP contribution is 2.27. The summed E-state index contributed by atoms with van der Waals surface area (Å²) in [5, 5.41) is 8.00. The van der Waals surface area contributed by atoms with Crippen LogP contribution in [0.15, 0.2) is 29.3 Å². The van der Waals surface area contributed by atoms with Crippen LogP contribution >= 0.6 is 35.3 Å². The minimum atomic E-state index is 0. The number of thiazole rings is 1. The van der Waals surface area contributed by atoms with Crippen molar-refractivity contribution in [2.24, 2.45) is 4.99 Å². The van der Waals surface area contributed by atoms with Crippen molar-refractivity contribution < 1.29 is 4.79 Å². The quantitative estimate of drug-likeness (QED) is 0.224. The van der Waals surface area contributed by atoms with Gasteiger partial charge >= 0.3 is 0 Å². The van der Waals surface area contributed by atoms with Crippen LogP contribution in [0.5, 0.6) is 0 Å². The lowest BCUT2D eigenvalue weighted by atomic mass is 10.0. The molecule has 0 spiro atoms. The van der Waals surface area contributed by atoms with Gasteiger partial charge in [0.1, 0.15) is 0 Å². The molecule has 0 aliphatic heterocycles. The highest BCUT2D eigenvalue weighted by atomic mass is 127. The van der Waals surface area contributed by atoms with E-state index >= 15 is 0 Å². The third-order valence-electron chi connectivity index (χ3n) is 5.12. The van der Waals surface area contributed by atoms with Gasteiger partial charge in [0.25, 0.3) is 5.91 Å². The third kappa shape index (κ3) is 7.75. The van der Waals surface area contributed by atoms with Gasteiger partial charge in [-0.15, -0.1) is 35.3 Å². The molecule has 0 fully saturated rings. The lowest BCUT2D eigenvalue weighted by molar-refractivity contribution is 0.0827. The van der Waals surface area contributed by atoms with E-state index in [1.165, 1.54) is 34.8 Å². The van der Waals surface area contributed by atoms with Crippen LogP contribution in [-0.2, 0) is 25.8 Å². The van der Waals surface area contributed by atoms with Crippen LogP contribution in [-0.4, -0.2) is 48.9 Å². The molecule has 0 atom stereocenters. The maximum absolute atomic E-state index is 12.0. The average Bonchev–Trinajstić information content (AvgIpc) is 3.17. The van der Waals surface area contributed by atoms with Gasteiger partial charge in [-0.3, -0.25) is 4.79 Å². The van der Waals surface area contributed by atoms with E-state index in [0.717, 1.165) is 43.9 Å². The summed E-state index contributed by atoms with van der Waals surface area (Å²) in [6.07, 6.45) is 7.03. The van der Waals surface area contributed by atoms with E-state index in [9.17, 15) is 4.79 Å². The van der Waals surface area contributed by atoms with Crippen LogP contribution in [0.1, 0.15) is 57.7 Å². The fraction of sp³-hybridized carbons (Fsp3) is 0.522. The number of nitrogens with one attached hydrogen (secondary N) is 2. The number of carbonyl (C=O) groups is 1. The van der Waals surface area contributed by atoms with E-state index in [0.29, 0.717) is 12.1 Å². The third-order valence-corrected chi connectivity index (χ3v) is 6.34. The molecule has 1 aliphatic rings. The van der Waals surface area contributed by atoms with E-state index in [2.05, 4.69) is 22.5 Å². The minimum absolute atomic E-state index is 0. The first-order valence-electron chi connectivity index (χ1n) is 10.9. The Morgan fingerprint density at radius 1 is 1.16 bits per heavy atom. The van der Waals surface area contributed by atoms with Crippen LogP contribution < -0.4 is 10.6 Å². The summed E-state index contributed by atoms with van der Waals surface area (Å²) < 4.78 is 0. The lowest BCUT2D eigenvalue weighted by Crippen LogP contribution is -2.37. The number of carbonyl (C=O) groups excluding carboxylic acids is 1. The van der Waals surface area contributed by atoms with Gasteiger partial charge in [0.2, 0.25) is 0 Å². The number of rotatable bonds is 8. The monoisotopic (exact) mass is 555 g/mol. The maximum atomic E-state index is 12.0. The van der Waals surface area contributed by atoms with E-state index < -0.39 is 0 Å². The first kappa shape index (κ1) is 25.6. The first-order chi connectivity index (χ1) is 14.6. The molecule has 1 aromatic heterocycles. The molecule has 1 heterocycles. The molecule has 2 N–H and O–H groups in total. The number of nitrogens with zero attached hydrogens (tertiary/aromatic N) is 3. The van der Waals surface area contributed by atoms with Crippen LogP contribution in [0.25, 0.3) is 0 Å². The summed E-state index contributed by atoms with van der Waals surface area (Å²) in [5.74, 6) is 0.838. The maximum Gasteiger partial charge on any atom is 0.253 e. The predicted molar refractivity (Wildman–Crippen MR) is 140 cm³/mol. The van der Waals surface area contributed by atoms with E-state index in [1.54, 1.807) is 19.0 Å². The van der Waals surface area contributed by atoms with Crippen molar-refractivity contribution in [3.8, 4) is 0 Å². The molecule has 0 bridgehead atoms. The number of benzene rings is 1. The van der Waals surface area contributed by atoms with E-state index in [4.69, 9.17) is 4.98 Å². The number of hydrogen-bond donors (Lipinski definition) is 2. The molecule has 1 amide bonds. The van der Waals surface area contributed by atoms with Crippen molar-refractivity contribution in [1.29, 1.82) is 0 Å². The number of aliphatic imine (C=N–C) groups is 1. The highest BCUT2D eigenvalue weighted by molar-refractivity contribution is 14.0. The summed E-state index contributed by atoms with van der Waals surface area (Å²) in [5.41, 5.74) is 3.12. The van der Waals surface area contributed by atoms with Gasteiger partial charge in [-0.05, 0) is 56.7 Å². The molecule has 6 nitrogen and oxygen atoms in total. The van der Waals surface area contributed by atoms with Gasteiger partial charge in [0, 0.05) is 44.0 Å². The summed E-state index contributed by atoms with van der Waals surface area (Å²) in [6.45, 7) is 4.33. The van der Waals surface area contributed by atoms with Crippen molar-refractivity contribution in [3.05, 3.63) is 51.0 Å². The Morgan fingerprint density at radius 2 is 1.90 bits per heavy atom. The number of fused-ring (bicyclic) bond motifs is 1. The zero-order chi connectivity index (χ0) is 21.3. The van der Waals surface area contributed by atoms with Crippen LogP contribution in [0, 0.1) is 0 Å². The lowest BCUT2D eigenvalue weighted by Gasteiger charge is -2.12. The van der Waals surface area contributed by atoms with Gasteiger partial charge < -0.3 is 15.5 Å². The normalized spacial score (nSPS) is 13.2. The average molecular weight is 556 g/mol. The molecule has 8 heteroatoms. The standard InChI is InChI=1S/C23H33N5OS.HI/c1-4-24-23(26-16-17-11-13-18(14-12-17)22(29)28(2)3)25-15-7-10-21-27-19-8-5-6-9-20(19)30-21;/h11-14H,4-10,15-16H2,1-3H3,(H2,24,25,26);1H. The number of halogens is 1. The summed E-state index contributed by atoms with van der Waals surface area (Å²) in [4.78, 5) is 24.6. The Balaban J connectivity index is 0.00000341. The Morgan fingerprint density at radius 3 is 2.58 bits per heavy atom. The Kier molecular flexibility index (Phi) is 10.7. The number of amides is 1. The first-order valence-corrected chi connectivity index (χ1v) is 11.7. The number of hydrogen-bond acceptors (Lipinski definition) is 4. The van der Waals surface area contributed by atoms with Crippen molar-refractivity contribution in [1.82, 2.24) is 20.5 Å².